The van der Waals surface area contributed by atoms with Gasteiger partial charge in [-0.25, -0.2) is 4.98 Å². The average molecular weight is 291 g/mol. The van der Waals surface area contributed by atoms with Crippen LogP contribution < -0.4 is 0 Å². The lowest BCUT2D eigenvalue weighted by Gasteiger charge is -2.40. The Morgan fingerprint density at radius 3 is 2.90 bits per heavy atom. The molecular weight excluding hydrogens is 270 g/mol. The van der Waals surface area contributed by atoms with Gasteiger partial charge in [0.15, 0.2) is 0 Å². The molecule has 0 aromatic carbocycles. The molecule has 1 fully saturated rings. The first kappa shape index (κ1) is 13.7. The van der Waals surface area contributed by atoms with Gasteiger partial charge in [-0.1, -0.05) is 6.92 Å². The molecule has 5 nitrogen and oxygen atoms in total. The van der Waals surface area contributed by atoms with E-state index in [1.165, 1.54) is 6.42 Å². The minimum atomic E-state index is 0.347. The number of aromatic nitrogens is 4. The van der Waals surface area contributed by atoms with E-state index < -0.39 is 0 Å². The van der Waals surface area contributed by atoms with Gasteiger partial charge in [-0.15, -0.1) is 21.5 Å². The summed E-state index contributed by atoms with van der Waals surface area (Å²) in [6.45, 7) is 8.77. The molecule has 1 aliphatic rings. The van der Waals surface area contributed by atoms with Crippen molar-refractivity contribution >= 4 is 11.3 Å². The Labute approximate surface area is 123 Å². The van der Waals surface area contributed by atoms with Gasteiger partial charge in [0, 0.05) is 25.0 Å². The van der Waals surface area contributed by atoms with Crippen LogP contribution in [-0.2, 0) is 0 Å². The lowest BCUT2D eigenvalue weighted by molar-refractivity contribution is 0.0981. The molecular formula is C14H21N5S. The second-order valence-electron chi connectivity index (χ2n) is 5.67. The molecule has 20 heavy (non-hydrogen) atoms. The highest BCUT2D eigenvalue weighted by Crippen LogP contribution is 2.33. The molecule has 2 aromatic rings. The second-order valence-corrected chi connectivity index (χ2v) is 6.89. The van der Waals surface area contributed by atoms with E-state index in [-0.39, 0.29) is 0 Å². The van der Waals surface area contributed by atoms with Crippen LogP contribution in [0.2, 0.25) is 0 Å². The molecule has 3 rings (SSSR count). The van der Waals surface area contributed by atoms with E-state index in [1.54, 1.807) is 11.3 Å². The molecule has 3 atom stereocenters. The fourth-order valence-electron chi connectivity index (χ4n) is 2.92. The topological polar surface area (TPSA) is 46.8 Å². The number of hydrogen-bond acceptors (Lipinski definition) is 5. The number of imidazole rings is 1. The Bertz CT molecular complexity index is 550. The zero-order valence-electron chi connectivity index (χ0n) is 12.2. The van der Waals surface area contributed by atoms with Gasteiger partial charge in [0.05, 0.1) is 12.4 Å². The van der Waals surface area contributed by atoms with E-state index in [2.05, 4.69) is 44.7 Å². The molecule has 0 amide bonds. The van der Waals surface area contributed by atoms with Gasteiger partial charge in [-0.2, -0.15) is 0 Å². The van der Waals surface area contributed by atoms with Gasteiger partial charge in [0.25, 0.3) is 0 Å². The summed E-state index contributed by atoms with van der Waals surface area (Å²) in [4.78, 5) is 6.71. The molecule has 1 aliphatic heterocycles. The van der Waals surface area contributed by atoms with Crippen molar-refractivity contribution < 1.29 is 0 Å². The van der Waals surface area contributed by atoms with Gasteiger partial charge in [0.1, 0.15) is 10.0 Å². The molecule has 0 aliphatic carbocycles. The third-order valence-corrected chi connectivity index (χ3v) is 5.31. The van der Waals surface area contributed by atoms with Crippen molar-refractivity contribution in [1.29, 1.82) is 0 Å². The summed E-state index contributed by atoms with van der Waals surface area (Å²) in [5, 5.41) is 10.6. The lowest BCUT2D eigenvalue weighted by atomic mass is 9.92. The van der Waals surface area contributed by atoms with E-state index >= 15 is 0 Å². The summed E-state index contributed by atoms with van der Waals surface area (Å²) in [5.41, 5.74) is 0. The van der Waals surface area contributed by atoms with Crippen LogP contribution in [0.15, 0.2) is 18.7 Å². The van der Waals surface area contributed by atoms with Gasteiger partial charge < -0.3 is 4.57 Å². The summed E-state index contributed by atoms with van der Waals surface area (Å²) in [6.07, 6.45) is 7.09. The minimum Gasteiger partial charge on any atom is -0.333 e. The summed E-state index contributed by atoms with van der Waals surface area (Å²) < 4.78 is 2.24. The third kappa shape index (κ3) is 2.62. The van der Waals surface area contributed by atoms with Crippen molar-refractivity contribution in [2.75, 3.05) is 13.1 Å². The fourth-order valence-corrected chi connectivity index (χ4v) is 3.70. The molecule has 1 saturated heterocycles. The molecule has 0 unspecified atom stereocenters. The highest BCUT2D eigenvalue weighted by atomic mass is 32.1. The number of aryl methyl sites for hydroxylation is 1. The Hall–Kier alpha value is -1.27. The van der Waals surface area contributed by atoms with Crippen LogP contribution in [0.5, 0.6) is 0 Å². The van der Waals surface area contributed by atoms with Crippen LogP contribution in [0, 0.1) is 12.8 Å². The molecule has 3 heterocycles. The number of nitrogens with zero attached hydrogens (tertiary/aromatic N) is 5. The second kappa shape index (κ2) is 5.61. The van der Waals surface area contributed by atoms with E-state index in [9.17, 15) is 0 Å². The summed E-state index contributed by atoms with van der Waals surface area (Å²) in [6, 6.07) is 0.849. The maximum atomic E-state index is 4.31. The largest absolute Gasteiger partial charge is 0.333 e. The molecule has 108 valence electrons. The van der Waals surface area contributed by atoms with Gasteiger partial charge in [-0.3, -0.25) is 4.90 Å². The zero-order valence-corrected chi connectivity index (χ0v) is 13.0. The summed E-state index contributed by atoms with van der Waals surface area (Å²) in [5.74, 6) is 0.684. The number of rotatable bonds is 3. The van der Waals surface area contributed by atoms with Gasteiger partial charge in [0.2, 0.25) is 0 Å². The molecule has 6 heteroatoms. The molecule has 0 bridgehead atoms. The number of likely N-dealkylation sites (tertiary alicyclic amines) is 1. The highest BCUT2D eigenvalue weighted by Gasteiger charge is 2.31. The van der Waals surface area contributed by atoms with E-state index in [4.69, 9.17) is 0 Å². The lowest BCUT2D eigenvalue weighted by Crippen LogP contribution is -2.41. The van der Waals surface area contributed by atoms with E-state index in [1.807, 2.05) is 19.4 Å². The van der Waals surface area contributed by atoms with Crippen molar-refractivity contribution in [2.45, 2.75) is 39.3 Å². The van der Waals surface area contributed by atoms with Crippen molar-refractivity contribution in [3.63, 3.8) is 0 Å². The normalized spacial score (nSPS) is 25.8. The van der Waals surface area contributed by atoms with E-state index in [0.717, 1.165) is 23.1 Å². The summed E-state index contributed by atoms with van der Waals surface area (Å²) in [7, 11) is 0. The van der Waals surface area contributed by atoms with Crippen molar-refractivity contribution in [3.8, 4) is 0 Å². The maximum Gasteiger partial charge on any atom is 0.134 e. The molecule has 0 spiro atoms. The van der Waals surface area contributed by atoms with Crippen LogP contribution in [0.25, 0.3) is 0 Å². The van der Waals surface area contributed by atoms with Crippen LogP contribution in [0.3, 0.4) is 0 Å². The smallest absolute Gasteiger partial charge is 0.134 e. The molecule has 0 radical (unpaired) electrons. The standard InChI is InChI=1S/C14H21N5S/c1-10-4-6-18(8-13(10)19-7-5-15-9-19)11(2)14-17-16-12(3)20-14/h5,7,9-11,13H,4,6,8H2,1-3H3/t10-,11-,13-/m0/s1. The molecule has 2 aromatic heterocycles. The van der Waals surface area contributed by atoms with Gasteiger partial charge in [-0.05, 0) is 32.7 Å². The predicted molar refractivity (Wildman–Crippen MR) is 79.7 cm³/mol. The van der Waals surface area contributed by atoms with Crippen LogP contribution in [-0.4, -0.2) is 37.7 Å². The monoisotopic (exact) mass is 291 g/mol. The first-order chi connectivity index (χ1) is 9.65. The average Bonchev–Trinajstić information content (AvgIpc) is 3.09. The van der Waals surface area contributed by atoms with Gasteiger partial charge >= 0.3 is 0 Å². The van der Waals surface area contributed by atoms with E-state index in [0.29, 0.717) is 18.0 Å². The molecule has 0 N–H and O–H groups in total. The maximum absolute atomic E-state index is 4.31. The molecule has 0 saturated carbocycles. The van der Waals surface area contributed by atoms with Crippen LogP contribution in [0.1, 0.15) is 42.4 Å². The Morgan fingerprint density at radius 2 is 2.25 bits per heavy atom. The first-order valence-electron chi connectivity index (χ1n) is 7.16. The van der Waals surface area contributed by atoms with Crippen LogP contribution >= 0.6 is 11.3 Å². The first-order valence-corrected chi connectivity index (χ1v) is 7.98. The number of hydrogen-bond donors (Lipinski definition) is 0. The predicted octanol–water partition coefficient (Wildman–Crippen LogP) is 2.69. The van der Waals surface area contributed by atoms with Crippen molar-refractivity contribution in [1.82, 2.24) is 24.6 Å². The van der Waals surface area contributed by atoms with Crippen molar-refractivity contribution in [2.24, 2.45) is 5.92 Å². The fraction of sp³-hybridized carbons (Fsp3) is 0.643. The number of piperidine rings is 1. The SMILES string of the molecule is Cc1nnc([C@H](C)N2CC[C@H](C)[C@@H](n3ccnc3)C2)s1. The quantitative estimate of drug-likeness (QED) is 0.872. The van der Waals surface area contributed by atoms with Crippen LogP contribution in [0.4, 0.5) is 0 Å². The Kier molecular flexibility index (Phi) is 3.85. The zero-order chi connectivity index (χ0) is 14.1. The highest BCUT2D eigenvalue weighted by molar-refractivity contribution is 7.11. The Morgan fingerprint density at radius 1 is 1.40 bits per heavy atom. The van der Waals surface area contributed by atoms with Crippen molar-refractivity contribution in [3.05, 3.63) is 28.7 Å². The summed E-state index contributed by atoms with van der Waals surface area (Å²) >= 11 is 1.71. The third-order valence-electron chi connectivity index (χ3n) is 4.30. The Balaban J connectivity index is 1.75. The minimum absolute atomic E-state index is 0.347.